The molecule has 0 fully saturated rings. The van der Waals surface area contributed by atoms with Crippen LogP contribution in [0.5, 0.6) is 0 Å². The van der Waals surface area contributed by atoms with Gasteiger partial charge < -0.3 is 11.1 Å². The molecule has 4 heteroatoms. The Morgan fingerprint density at radius 2 is 2.33 bits per heavy atom. The maximum atomic E-state index is 10.6. The van der Waals surface area contributed by atoms with Gasteiger partial charge in [-0.3, -0.25) is 9.78 Å². The summed E-state index contributed by atoms with van der Waals surface area (Å²) in [6.45, 7) is 3.88. The molecule has 15 heavy (non-hydrogen) atoms. The average molecular weight is 205 g/mol. The summed E-state index contributed by atoms with van der Waals surface area (Å²) >= 11 is 0. The molecule has 1 heterocycles. The number of amides is 1. The second-order valence-corrected chi connectivity index (χ2v) is 3.27. The highest BCUT2D eigenvalue weighted by molar-refractivity contribution is 5.73. The Hall–Kier alpha value is -1.84. The van der Waals surface area contributed by atoms with Crippen LogP contribution >= 0.6 is 0 Å². The Kier molecular flexibility index (Phi) is 3.85. The van der Waals surface area contributed by atoms with Gasteiger partial charge in [-0.05, 0) is 25.1 Å². The summed E-state index contributed by atoms with van der Waals surface area (Å²) in [4.78, 5) is 14.9. The van der Waals surface area contributed by atoms with Crippen LogP contribution in [-0.2, 0) is 4.79 Å². The molecule has 1 rings (SSSR count). The van der Waals surface area contributed by atoms with E-state index in [2.05, 4.69) is 10.3 Å². The van der Waals surface area contributed by atoms with E-state index in [0.717, 1.165) is 11.4 Å². The molecule has 0 spiro atoms. The summed E-state index contributed by atoms with van der Waals surface area (Å²) in [5, 5.41) is 2.66. The molecule has 1 amide bonds. The van der Waals surface area contributed by atoms with Crippen molar-refractivity contribution in [2.45, 2.75) is 13.8 Å². The first-order chi connectivity index (χ1) is 7.09. The molecule has 0 aliphatic heterocycles. The molecule has 0 aliphatic carbocycles. The molecule has 0 saturated heterocycles. The fourth-order valence-corrected chi connectivity index (χ4v) is 1.09. The quantitative estimate of drug-likeness (QED) is 0.777. The van der Waals surface area contributed by atoms with Crippen LogP contribution in [0.25, 0.3) is 6.08 Å². The van der Waals surface area contributed by atoms with Crippen LogP contribution in [0.3, 0.4) is 0 Å². The lowest BCUT2D eigenvalue weighted by Crippen LogP contribution is -2.19. The molecule has 1 aromatic rings. The van der Waals surface area contributed by atoms with Crippen molar-refractivity contribution in [3.63, 3.8) is 0 Å². The zero-order valence-electron chi connectivity index (χ0n) is 8.95. The van der Waals surface area contributed by atoms with Gasteiger partial charge in [0.2, 0.25) is 5.91 Å². The Balaban J connectivity index is 2.63. The van der Waals surface area contributed by atoms with E-state index in [1.807, 2.05) is 25.1 Å². The maximum absolute atomic E-state index is 10.6. The van der Waals surface area contributed by atoms with Crippen LogP contribution in [0.4, 0.5) is 5.69 Å². The minimum Gasteiger partial charge on any atom is -0.397 e. The first-order valence-corrected chi connectivity index (χ1v) is 4.73. The summed E-state index contributed by atoms with van der Waals surface area (Å²) in [6.07, 6.45) is 3.62. The molecule has 4 nitrogen and oxygen atoms in total. The van der Waals surface area contributed by atoms with Gasteiger partial charge in [0, 0.05) is 19.2 Å². The lowest BCUT2D eigenvalue weighted by Gasteiger charge is -2.00. The van der Waals surface area contributed by atoms with Gasteiger partial charge in [0.25, 0.3) is 0 Å². The number of anilines is 1. The summed E-state index contributed by atoms with van der Waals surface area (Å²) in [6, 6.07) is 3.68. The minimum atomic E-state index is -0.0511. The molecular weight excluding hydrogens is 190 g/mol. The number of nitrogens with two attached hydrogens (primary N) is 1. The summed E-state index contributed by atoms with van der Waals surface area (Å²) < 4.78 is 0. The molecule has 80 valence electrons. The fraction of sp³-hybridized carbons (Fsp3) is 0.273. The van der Waals surface area contributed by atoms with Crippen molar-refractivity contribution >= 4 is 17.7 Å². The molecule has 1 aromatic heterocycles. The molecule has 3 N–H and O–H groups in total. The van der Waals surface area contributed by atoms with E-state index in [4.69, 9.17) is 5.73 Å². The van der Waals surface area contributed by atoms with Crippen molar-refractivity contribution in [2.75, 3.05) is 12.3 Å². The predicted molar refractivity (Wildman–Crippen MR) is 61.1 cm³/mol. The predicted octanol–water partition coefficient (Wildman–Crippen LogP) is 1.12. The van der Waals surface area contributed by atoms with Crippen molar-refractivity contribution in [3.05, 3.63) is 29.6 Å². The number of aryl methyl sites for hydroxylation is 1. The lowest BCUT2D eigenvalue weighted by molar-refractivity contribution is -0.118. The second kappa shape index (κ2) is 5.14. The average Bonchev–Trinajstić information content (AvgIpc) is 2.17. The van der Waals surface area contributed by atoms with Crippen LogP contribution in [0.1, 0.15) is 18.3 Å². The van der Waals surface area contributed by atoms with E-state index in [0.29, 0.717) is 12.2 Å². The summed E-state index contributed by atoms with van der Waals surface area (Å²) in [5.74, 6) is -0.0511. The van der Waals surface area contributed by atoms with Crippen molar-refractivity contribution in [1.29, 1.82) is 0 Å². The highest BCUT2D eigenvalue weighted by Gasteiger charge is 1.96. The van der Waals surface area contributed by atoms with Gasteiger partial charge in [0.1, 0.15) is 0 Å². The normalized spacial score (nSPS) is 10.5. The first-order valence-electron chi connectivity index (χ1n) is 4.73. The molecule has 0 saturated carbocycles. The number of carbonyl (C=O) groups is 1. The number of hydrogen-bond acceptors (Lipinski definition) is 3. The van der Waals surface area contributed by atoms with Crippen LogP contribution in [0, 0.1) is 6.92 Å². The van der Waals surface area contributed by atoms with Gasteiger partial charge in [-0.15, -0.1) is 0 Å². The van der Waals surface area contributed by atoms with Gasteiger partial charge in [-0.1, -0.05) is 6.08 Å². The third-order valence-corrected chi connectivity index (χ3v) is 1.84. The van der Waals surface area contributed by atoms with Crippen molar-refractivity contribution in [1.82, 2.24) is 10.3 Å². The monoisotopic (exact) mass is 205 g/mol. The van der Waals surface area contributed by atoms with E-state index >= 15 is 0 Å². The Morgan fingerprint density at radius 3 is 3.00 bits per heavy atom. The van der Waals surface area contributed by atoms with Crippen molar-refractivity contribution < 1.29 is 4.79 Å². The zero-order valence-corrected chi connectivity index (χ0v) is 8.95. The van der Waals surface area contributed by atoms with E-state index in [-0.39, 0.29) is 5.91 Å². The topological polar surface area (TPSA) is 68.0 Å². The molecule has 0 unspecified atom stereocenters. The Bertz CT molecular complexity index is 385. The third kappa shape index (κ3) is 3.81. The SMILES string of the molecule is CC(=O)NCC=Cc1nc(C)ccc1N. The second-order valence-electron chi connectivity index (χ2n) is 3.27. The van der Waals surface area contributed by atoms with Crippen LogP contribution in [-0.4, -0.2) is 17.4 Å². The highest BCUT2D eigenvalue weighted by Crippen LogP contribution is 2.10. The van der Waals surface area contributed by atoms with E-state index in [1.165, 1.54) is 6.92 Å². The number of hydrogen-bond donors (Lipinski definition) is 2. The fourth-order valence-electron chi connectivity index (χ4n) is 1.09. The third-order valence-electron chi connectivity index (χ3n) is 1.84. The van der Waals surface area contributed by atoms with Gasteiger partial charge in [0.05, 0.1) is 11.4 Å². The van der Waals surface area contributed by atoms with Gasteiger partial charge >= 0.3 is 0 Å². The van der Waals surface area contributed by atoms with E-state index in [9.17, 15) is 4.79 Å². The number of nitrogens with one attached hydrogen (secondary N) is 1. The standard InChI is InChI=1S/C11H15N3O/c1-8-5-6-10(12)11(14-8)4-3-7-13-9(2)15/h3-6H,7,12H2,1-2H3,(H,13,15). The molecule has 0 aliphatic rings. The van der Waals surface area contributed by atoms with Gasteiger partial charge in [-0.2, -0.15) is 0 Å². The number of pyridine rings is 1. The van der Waals surface area contributed by atoms with Crippen molar-refractivity contribution in [3.8, 4) is 0 Å². The largest absolute Gasteiger partial charge is 0.397 e. The lowest BCUT2D eigenvalue weighted by atomic mass is 10.2. The minimum absolute atomic E-state index is 0.0511. The van der Waals surface area contributed by atoms with E-state index < -0.39 is 0 Å². The highest BCUT2D eigenvalue weighted by atomic mass is 16.1. The molecule has 0 radical (unpaired) electrons. The van der Waals surface area contributed by atoms with Gasteiger partial charge in [-0.25, -0.2) is 0 Å². The number of rotatable bonds is 3. The molecule has 0 atom stereocenters. The number of nitrogens with zero attached hydrogens (tertiary/aromatic N) is 1. The van der Waals surface area contributed by atoms with E-state index in [1.54, 1.807) is 6.08 Å². The molecular formula is C11H15N3O. The summed E-state index contributed by atoms with van der Waals surface area (Å²) in [5.41, 5.74) is 8.03. The van der Waals surface area contributed by atoms with Crippen molar-refractivity contribution in [2.24, 2.45) is 0 Å². The zero-order chi connectivity index (χ0) is 11.3. The Morgan fingerprint density at radius 1 is 1.60 bits per heavy atom. The summed E-state index contributed by atoms with van der Waals surface area (Å²) in [7, 11) is 0. The van der Waals surface area contributed by atoms with Gasteiger partial charge in [0.15, 0.2) is 0 Å². The number of carbonyl (C=O) groups excluding carboxylic acids is 1. The first kappa shape index (κ1) is 11.2. The number of aromatic nitrogens is 1. The smallest absolute Gasteiger partial charge is 0.217 e. The maximum Gasteiger partial charge on any atom is 0.217 e. The van der Waals surface area contributed by atoms with Crippen LogP contribution in [0.2, 0.25) is 0 Å². The van der Waals surface area contributed by atoms with Crippen LogP contribution < -0.4 is 11.1 Å². The van der Waals surface area contributed by atoms with Crippen LogP contribution in [0.15, 0.2) is 18.2 Å². The Labute approximate surface area is 89.2 Å². The number of nitrogen functional groups attached to an aromatic ring is 1. The molecule has 0 aromatic carbocycles. The molecule has 0 bridgehead atoms.